The molecule has 1 atom stereocenters. The fraction of sp³-hybridized carbons (Fsp3) is 0.462. The summed E-state index contributed by atoms with van der Waals surface area (Å²) in [7, 11) is 1.76. The van der Waals surface area contributed by atoms with Gasteiger partial charge in [-0.1, -0.05) is 13.3 Å². The third-order valence-corrected chi connectivity index (χ3v) is 3.17. The van der Waals surface area contributed by atoms with Crippen LogP contribution in [0.15, 0.2) is 18.2 Å². The Hall–Kier alpha value is -2.11. The molecular weight excluding hydrogens is 248 g/mol. The zero-order valence-electron chi connectivity index (χ0n) is 11.3. The maximum atomic E-state index is 11.2. The maximum absolute atomic E-state index is 11.2. The molecule has 6 nitrogen and oxygen atoms in total. The van der Waals surface area contributed by atoms with Crippen LogP contribution < -0.4 is 4.90 Å². The molecule has 19 heavy (non-hydrogen) atoms. The first-order valence-electron chi connectivity index (χ1n) is 6.13. The molecule has 0 aliphatic rings. The molecule has 1 unspecified atom stereocenters. The van der Waals surface area contributed by atoms with Crippen LogP contribution in [0.1, 0.15) is 37.0 Å². The largest absolute Gasteiger partial charge is 0.478 e. The highest BCUT2D eigenvalue weighted by atomic mass is 16.6. The Bertz CT molecular complexity index is 488. The van der Waals surface area contributed by atoms with E-state index in [0.717, 1.165) is 12.8 Å². The molecule has 104 valence electrons. The van der Waals surface area contributed by atoms with E-state index in [1.54, 1.807) is 11.9 Å². The van der Waals surface area contributed by atoms with Gasteiger partial charge in [0.1, 0.15) is 0 Å². The molecule has 1 aromatic carbocycles. The smallest absolute Gasteiger partial charge is 0.337 e. The average Bonchev–Trinajstić information content (AvgIpc) is 2.37. The van der Waals surface area contributed by atoms with Gasteiger partial charge in [-0.2, -0.15) is 0 Å². The number of hydrogen-bond donors (Lipinski definition) is 1. The van der Waals surface area contributed by atoms with Crippen LogP contribution in [0.4, 0.5) is 11.4 Å². The molecule has 0 bridgehead atoms. The van der Waals surface area contributed by atoms with E-state index >= 15 is 0 Å². The highest BCUT2D eigenvalue weighted by Gasteiger charge is 2.20. The second-order valence-electron chi connectivity index (χ2n) is 4.51. The van der Waals surface area contributed by atoms with E-state index < -0.39 is 10.9 Å². The van der Waals surface area contributed by atoms with Crippen molar-refractivity contribution < 1.29 is 14.8 Å². The third kappa shape index (κ3) is 3.43. The Morgan fingerprint density at radius 3 is 2.63 bits per heavy atom. The molecule has 1 rings (SSSR count). The number of nitro benzene ring substituents is 1. The number of carboxylic acids is 1. The lowest BCUT2D eigenvalue weighted by Crippen LogP contribution is -2.30. The van der Waals surface area contributed by atoms with Gasteiger partial charge in [0.15, 0.2) is 0 Å². The minimum absolute atomic E-state index is 0.0797. The lowest BCUT2D eigenvalue weighted by atomic mass is 10.1. The zero-order chi connectivity index (χ0) is 14.6. The van der Waals surface area contributed by atoms with E-state index in [1.807, 2.05) is 13.8 Å². The Balaban J connectivity index is 3.24. The highest BCUT2D eigenvalue weighted by molar-refractivity contribution is 5.95. The van der Waals surface area contributed by atoms with E-state index in [-0.39, 0.29) is 17.3 Å². The van der Waals surface area contributed by atoms with Crippen LogP contribution in [-0.2, 0) is 0 Å². The summed E-state index contributed by atoms with van der Waals surface area (Å²) >= 11 is 0. The van der Waals surface area contributed by atoms with Crippen molar-refractivity contribution in [3.05, 3.63) is 33.9 Å². The summed E-state index contributed by atoms with van der Waals surface area (Å²) in [6, 6.07) is 3.93. The molecule has 0 aliphatic heterocycles. The first kappa shape index (κ1) is 14.9. The number of benzene rings is 1. The molecule has 0 aliphatic carbocycles. The van der Waals surface area contributed by atoms with E-state index in [9.17, 15) is 14.9 Å². The Kier molecular flexibility index (Phi) is 4.86. The van der Waals surface area contributed by atoms with Crippen molar-refractivity contribution in [3.63, 3.8) is 0 Å². The van der Waals surface area contributed by atoms with Crippen LogP contribution in [0, 0.1) is 10.1 Å². The van der Waals surface area contributed by atoms with E-state index in [4.69, 9.17) is 5.11 Å². The number of nitro groups is 1. The number of non-ortho nitro benzene ring substituents is 1. The van der Waals surface area contributed by atoms with Crippen molar-refractivity contribution in [2.24, 2.45) is 0 Å². The molecule has 0 aromatic heterocycles. The molecule has 1 aromatic rings. The van der Waals surface area contributed by atoms with Gasteiger partial charge >= 0.3 is 5.97 Å². The standard InChI is InChI=1S/C13H18N2O4/c1-4-5-9(2)14(3)12-8-10(15(18)19)6-7-11(12)13(16)17/h6-9H,4-5H2,1-3H3,(H,16,17). The number of carbonyl (C=O) groups is 1. The molecule has 1 N–H and O–H groups in total. The molecule has 6 heteroatoms. The van der Waals surface area contributed by atoms with Gasteiger partial charge in [0.25, 0.3) is 5.69 Å². The minimum Gasteiger partial charge on any atom is -0.478 e. The summed E-state index contributed by atoms with van der Waals surface area (Å²) in [6.45, 7) is 4.00. The summed E-state index contributed by atoms with van der Waals surface area (Å²) < 4.78 is 0. The predicted octanol–water partition coefficient (Wildman–Crippen LogP) is 2.92. The normalized spacial score (nSPS) is 11.9. The lowest BCUT2D eigenvalue weighted by Gasteiger charge is -2.27. The molecule has 0 heterocycles. The van der Waals surface area contributed by atoms with Gasteiger partial charge in [-0.25, -0.2) is 4.79 Å². The summed E-state index contributed by atoms with van der Waals surface area (Å²) in [5.41, 5.74) is 0.356. The summed E-state index contributed by atoms with van der Waals surface area (Å²) in [5.74, 6) is -1.08. The highest BCUT2D eigenvalue weighted by Crippen LogP contribution is 2.27. The molecule has 0 amide bonds. The molecule has 0 spiro atoms. The maximum Gasteiger partial charge on any atom is 0.337 e. The Morgan fingerprint density at radius 2 is 2.16 bits per heavy atom. The van der Waals surface area contributed by atoms with Crippen LogP contribution in [0.25, 0.3) is 0 Å². The van der Waals surface area contributed by atoms with Crippen molar-refractivity contribution in [1.82, 2.24) is 0 Å². The van der Waals surface area contributed by atoms with Crippen LogP contribution in [0.5, 0.6) is 0 Å². The van der Waals surface area contributed by atoms with Crippen LogP contribution >= 0.6 is 0 Å². The first-order valence-corrected chi connectivity index (χ1v) is 6.13. The number of carboxylic acid groups (broad SMARTS) is 1. The Morgan fingerprint density at radius 1 is 1.53 bits per heavy atom. The molecule has 0 saturated heterocycles. The lowest BCUT2D eigenvalue weighted by molar-refractivity contribution is -0.384. The summed E-state index contributed by atoms with van der Waals surface area (Å²) in [5, 5.41) is 20.0. The topological polar surface area (TPSA) is 83.7 Å². The minimum atomic E-state index is -1.08. The van der Waals surface area contributed by atoms with Gasteiger partial charge in [0, 0.05) is 25.2 Å². The zero-order valence-corrected chi connectivity index (χ0v) is 11.3. The fourth-order valence-corrected chi connectivity index (χ4v) is 1.96. The van der Waals surface area contributed by atoms with Crippen LogP contribution in [0.2, 0.25) is 0 Å². The summed E-state index contributed by atoms with van der Waals surface area (Å²) in [4.78, 5) is 23.2. The van der Waals surface area contributed by atoms with E-state index in [2.05, 4.69) is 0 Å². The van der Waals surface area contributed by atoms with Gasteiger partial charge in [-0.05, 0) is 19.4 Å². The number of hydrogen-bond acceptors (Lipinski definition) is 4. The predicted molar refractivity (Wildman–Crippen MR) is 72.8 cm³/mol. The number of aromatic carboxylic acids is 1. The molecule has 0 saturated carbocycles. The Labute approximate surface area is 111 Å². The third-order valence-electron chi connectivity index (χ3n) is 3.17. The number of anilines is 1. The van der Waals surface area contributed by atoms with Crippen molar-refractivity contribution >= 4 is 17.3 Å². The average molecular weight is 266 g/mol. The van der Waals surface area contributed by atoms with Crippen LogP contribution in [-0.4, -0.2) is 29.1 Å². The molecule has 0 fully saturated rings. The van der Waals surface area contributed by atoms with Gasteiger partial charge in [0.05, 0.1) is 16.2 Å². The van der Waals surface area contributed by atoms with E-state index in [0.29, 0.717) is 5.69 Å². The second-order valence-corrected chi connectivity index (χ2v) is 4.51. The van der Waals surface area contributed by atoms with Gasteiger partial charge in [-0.3, -0.25) is 10.1 Å². The molecular formula is C13H18N2O4. The van der Waals surface area contributed by atoms with Gasteiger partial charge in [-0.15, -0.1) is 0 Å². The number of nitrogens with zero attached hydrogens (tertiary/aromatic N) is 2. The first-order chi connectivity index (χ1) is 8.88. The van der Waals surface area contributed by atoms with Gasteiger partial charge in [0.2, 0.25) is 0 Å². The van der Waals surface area contributed by atoms with E-state index in [1.165, 1.54) is 18.2 Å². The van der Waals surface area contributed by atoms with Gasteiger partial charge < -0.3 is 10.0 Å². The van der Waals surface area contributed by atoms with Crippen molar-refractivity contribution in [2.75, 3.05) is 11.9 Å². The van der Waals surface area contributed by atoms with Crippen molar-refractivity contribution in [1.29, 1.82) is 0 Å². The number of rotatable bonds is 6. The SMILES string of the molecule is CCCC(C)N(C)c1cc([N+](=O)[O-])ccc1C(=O)O. The summed E-state index contributed by atoms with van der Waals surface area (Å²) in [6.07, 6.45) is 1.85. The monoisotopic (exact) mass is 266 g/mol. The second kappa shape index (κ2) is 6.17. The quantitative estimate of drug-likeness (QED) is 0.632. The fourth-order valence-electron chi connectivity index (χ4n) is 1.96. The van der Waals surface area contributed by atoms with Crippen molar-refractivity contribution in [3.8, 4) is 0 Å². The molecule has 0 radical (unpaired) electrons. The van der Waals surface area contributed by atoms with Crippen LogP contribution in [0.3, 0.4) is 0 Å². The van der Waals surface area contributed by atoms with Crippen molar-refractivity contribution in [2.45, 2.75) is 32.7 Å².